The molecule has 1 aromatic heterocycles. The number of amides is 1. The molecule has 126 valence electrons. The first-order valence-corrected chi connectivity index (χ1v) is 7.70. The van der Waals surface area contributed by atoms with Crippen molar-refractivity contribution in [1.29, 1.82) is 0 Å². The highest BCUT2D eigenvalue weighted by atomic mass is 16.5. The number of carbonyl (C=O) groups excluding carboxylic acids is 2. The first-order valence-electron chi connectivity index (χ1n) is 7.70. The van der Waals surface area contributed by atoms with Gasteiger partial charge in [-0.15, -0.1) is 0 Å². The normalized spacial score (nSPS) is 14.5. The fourth-order valence-corrected chi connectivity index (χ4v) is 2.64. The number of ether oxygens (including phenoxy) is 2. The number of methoxy groups -OCH3 is 1. The number of morpholine rings is 1. The van der Waals surface area contributed by atoms with Gasteiger partial charge in [-0.1, -0.05) is 12.1 Å². The summed E-state index contributed by atoms with van der Waals surface area (Å²) in [6.45, 7) is 2.38. The Hall–Kier alpha value is -2.67. The molecule has 1 amide bonds. The molecule has 1 saturated heterocycles. The second-order valence-electron chi connectivity index (χ2n) is 5.51. The number of nitrogens with zero attached hydrogens (tertiary/aromatic N) is 3. The molecule has 2 heterocycles. The van der Waals surface area contributed by atoms with Crippen molar-refractivity contribution in [2.24, 2.45) is 7.05 Å². The Morgan fingerprint density at radius 3 is 2.46 bits per heavy atom. The van der Waals surface area contributed by atoms with Crippen LogP contribution in [0.4, 0.5) is 0 Å². The number of benzene rings is 1. The number of carbonyl (C=O) groups is 2. The Kier molecular flexibility index (Phi) is 4.61. The van der Waals surface area contributed by atoms with Gasteiger partial charge in [-0.3, -0.25) is 9.48 Å². The molecule has 0 unspecified atom stereocenters. The van der Waals surface area contributed by atoms with E-state index in [2.05, 4.69) is 5.10 Å². The third-order valence-corrected chi connectivity index (χ3v) is 4.00. The Bertz CT molecular complexity index is 746. The quantitative estimate of drug-likeness (QED) is 0.795. The summed E-state index contributed by atoms with van der Waals surface area (Å²) in [7, 11) is 3.02. The van der Waals surface area contributed by atoms with E-state index in [-0.39, 0.29) is 5.91 Å². The van der Waals surface area contributed by atoms with Gasteiger partial charge in [-0.05, 0) is 18.2 Å². The van der Waals surface area contributed by atoms with Gasteiger partial charge in [0, 0.05) is 31.3 Å². The monoisotopic (exact) mass is 329 g/mol. The molecule has 0 saturated carbocycles. The SMILES string of the molecule is COC(=O)c1cc(-c2ccc(C(=O)N3CCOCC3)cc2)nn1C. The van der Waals surface area contributed by atoms with Gasteiger partial charge in [0.1, 0.15) is 5.69 Å². The van der Waals surface area contributed by atoms with Crippen LogP contribution in [-0.4, -0.2) is 60.0 Å². The average molecular weight is 329 g/mol. The molecule has 0 spiro atoms. The number of esters is 1. The van der Waals surface area contributed by atoms with Crippen molar-refractivity contribution < 1.29 is 19.1 Å². The van der Waals surface area contributed by atoms with Crippen LogP contribution in [0.5, 0.6) is 0 Å². The molecule has 0 N–H and O–H groups in total. The number of aryl methyl sites for hydroxylation is 1. The summed E-state index contributed by atoms with van der Waals surface area (Å²) in [5.74, 6) is -0.434. The van der Waals surface area contributed by atoms with Crippen LogP contribution in [0.1, 0.15) is 20.8 Å². The van der Waals surface area contributed by atoms with E-state index in [1.54, 1.807) is 30.1 Å². The lowest BCUT2D eigenvalue weighted by Crippen LogP contribution is -2.40. The summed E-state index contributed by atoms with van der Waals surface area (Å²) in [5, 5.41) is 4.32. The van der Waals surface area contributed by atoms with Gasteiger partial charge < -0.3 is 14.4 Å². The van der Waals surface area contributed by atoms with E-state index in [4.69, 9.17) is 9.47 Å². The van der Waals surface area contributed by atoms with Crippen LogP contribution < -0.4 is 0 Å². The van der Waals surface area contributed by atoms with E-state index in [0.717, 1.165) is 5.56 Å². The van der Waals surface area contributed by atoms with Crippen molar-refractivity contribution >= 4 is 11.9 Å². The van der Waals surface area contributed by atoms with Gasteiger partial charge in [0.15, 0.2) is 0 Å². The van der Waals surface area contributed by atoms with Crippen LogP contribution >= 0.6 is 0 Å². The Morgan fingerprint density at radius 2 is 1.83 bits per heavy atom. The molecule has 7 nitrogen and oxygen atoms in total. The van der Waals surface area contributed by atoms with Gasteiger partial charge in [0.05, 0.1) is 26.0 Å². The molecule has 7 heteroatoms. The molecule has 1 fully saturated rings. The van der Waals surface area contributed by atoms with Crippen molar-refractivity contribution in [2.45, 2.75) is 0 Å². The first kappa shape index (κ1) is 16.2. The van der Waals surface area contributed by atoms with E-state index >= 15 is 0 Å². The zero-order chi connectivity index (χ0) is 17.1. The lowest BCUT2D eigenvalue weighted by Gasteiger charge is -2.26. The number of aromatic nitrogens is 2. The average Bonchev–Trinajstić information content (AvgIpc) is 3.03. The van der Waals surface area contributed by atoms with Crippen molar-refractivity contribution in [1.82, 2.24) is 14.7 Å². The Labute approximate surface area is 139 Å². The highest BCUT2D eigenvalue weighted by molar-refractivity contribution is 5.95. The van der Waals surface area contributed by atoms with E-state index in [1.165, 1.54) is 11.8 Å². The minimum absolute atomic E-state index is 0.00104. The van der Waals surface area contributed by atoms with Crippen molar-refractivity contribution in [2.75, 3.05) is 33.4 Å². The summed E-state index contributed by atoms with van der Waals surface area (Å²) in [4.78, 5) is 25.9. The predicted molar refractivity (Wildman–Crippen MR) is 86.7 cm³/mol. The zero-order valence-electron chi connectivity index (χ0n) is 13.7. The van der Waals surface area contributed by atoms with Crippen LogP contribution in [0.3, 0.4) is 0 Å². The molecule has 2 aromatic rings. The van der Waals surface area contributed by atoms with Gasteiger partial charge in [-0.25, -0.2) is 4.79 Å². The molecule has 24 heavy (non-hydrogen) atoms. The van der Waals surface area contributed by atoms with Crippen molar-refractivity contribution in [3.63, 3.8) is 0 Å². The maximum absolute atomic E-state index is 12.4. The summed E-state index contributed by atoms with van der Waals surface area (Å²) >= 11 is 0. The number of hydrogen-bond donors (Lipinski definition) is 0. The fourth-order valence-electron chi connectivity index (χ4n) is 2.64. The smallest absolute Gasteiger partial charge is 0.356 e. The van der Waals surface area contributed by atoms with Crippen molar-refractivity contribution in [3.05, 3.63) is 41.6 Å². The van der Waals surface area contributed by atoms with Crippen LogP contribution in [0, 0.1) is 0 Å². The van der Waals surface area contributed by atoms with Gasteiger partial charge >= 0.3 is 5.97 Å². The maximum atomic E-state index is 12.4. The topological polar surface area (TPSA) is 73.7 Å². The minimum atomic E-state index is -0.435. The molecule has 0 radical (unpaired) electrons. The van der Waals surface area contributed by atoms with E-state index in [0.29, 0.717) is 43.3 Å². The molecular weight excluding hydrogens is 310 g/mol. The van der Waals surface area contributed by atoms with Crippen LogP contribution in [0.15, 0.2) is 30.3 Å². The highest BCUT2D eigenvalue weighted by Gasteiger charge is 2.19. The van der Waals surface area contributed by atoms with Gasteiger partial charge in [0.2, 0.25) is 0 Å². The van der Waals surface area contributed by atoms with Gasteiger partial charge in [0.25, 0.3) is 5.91 Å². The third-order valence-electron chi connectivity index (χ3n) is 4.00. The first-order chi connectivity index (χ1) is 11.6. The Balaban J connectivity index is 1.79. The molecule has 3 rings (SSSR count). The van der Waals surface area contributed by atoms with Crippen LogP contribution in [0.2, 0.25) is 0 Å². The van der Waals surface area contributed by atoms with E-state index < -0.39 is 5.97 Å². The third kappa shape index (κ3) is 3.16. The molecule has 0 atom stereocenters. The lowest BCUT2D eigenvalue weighted by atomic mass is 10.1. The van der Waals surface area contributed by atoms with Crippen molar-refractivity contribution in [3.8, 4) is 11.3 Å². The summed E-state index contributed by atoms with van der Waals surface area (Å²) in [5.41, 5.74) is 2.49. The largest absolute Gasteiger partial charge is 0.464 e. The molecule has 1 aliphatic rings. The summed E-state index contributed by atoms with van der Waals surface area (Å²) < 4.78 is 11.5. The second kappa shape index (κ2) is 6.84. The number of rotatable bonds is 3. The minimum Gasteiger partial charge on any atom is -0.464 e. The standard InChI is InChI=1S/C17H19N3O4/c1-19-15(17(22)23-2)11-14(18-19)12-3-5-13(6-4-12)16(21)20-7-9-24-10-8-20/h3-6,11H,7-10H2,1-2H3. The molecular formula is C17H19N3O4. The maximum Gasteiger partial charge on any atom is 0.356 e. The van der Waals surface area contributed by atoms with Gasteiger partial charge in [-0.2, -0.15) is 5.10 Å². The van der Waals surface area contributed by atoms with Crippen LogP contribution in [-0.2, 0) is 16.5 Å². The molecule has 1 aliphatic heterocycles. The lowest BCUT2D eigenvalue weighted by molar-refractivity contribution is 0.0303. The fraction of sp³-hybridized carbons (Fsp3) is 0.353. The predicted octanol–water partition coefficient (Wildman–Crippen LogP) is 1.35. The summed E-state index contributed by atoms with van der Waals surface area (Å²) in [6.07, 6.45) is 0. The molecule has 1 aromatic carbocycles. The van der Waals surface area contributed by atoms with Crippen LogP contribution in [0.25, 0.3) is 11.3 Å². The zero-order valence-corrected chi connectivity index (χ0v) is 13.7. The Morgan fingerprint density at radius 1 is 1.17 bits per heavy atom. The molecule has 0 aliphatic carbocycles. The second-order valence-corrected chi connectivity index (χ2v) is 5.51. The number of hydrogen-bond acceptors (Lipinski definition) is 5. The highest BCUT2D eigenvalue weighted by Crippen LogP contribution is 2.20. The van der Waals surface area contributed by atoms with E-state index in [9.17, 15) is 9.59 Å². The summed E-state index contributed by atoms with van der Waals surface area (Å²) in [6, 6.07) is 8.89. The molecule has 0 bridgehead atoms. The van der Waals surface area contributed by atoms with E-state index in [1.807, 2.05) is 12.1 Å².